The normalized spacial score (nSPS) is 31.3. The number of hydrogen-bond donors (Lipinski definition) is 1. The fourth-order valence-corrected chi connectivity index (χ4v) is 2.36. The molecule has 0 aromatic carbocycles. The molecule has 1 spiro atoms. The third-order valence-corrected chi connectivity index (χ3v) is 3.19. The highest BCUT2D eigenvalue weighted by molar-refractivity contribution is 5.74. The summed E-state index contributed by atoms with van der Waals surface area (Å²) in [5.74, 6) is -0.934. The van der Waals surface area contributed by atoms with Crippen molar-refractivity contribution in [3.8, 4) is 0 Å². The Hall–Kier alpha value is -1.30. The smallest absolute Gasteiger partial charge is 0.410 e. The van der Waals surface area contributed by atoms with E-state index in [0.717, 1.165) is 0 Å². The number of carbonyl (C=O) groups is 2. The molecule has 1 N–H and O–H groups in total. The Morgan fingerprint density at radius 3 is 2.56 bits per heavy atom. The van der Waals surface area contributed by atoms with Gasteiger partial charge in [0.2, 0.25) is 0 Å². The van der Waals surface area contributed by atoms with Crippen LogP contribution < -0.4 is 0 Å². The van der Waals surface area contributed by atoms with Gasteiger partial charge >= 0.3 is 12.1 Å². The largest absolute Gasteiger partial charge is 0.479 e. The fourth-order valence-electron chi connectivity index (χ4n) is 2.36. The zero-order chi connectivity index (χ0) is 13.6. The lowest BCUT2D eigenvalue weighted by Crippen LogP contribution is -2.55. The summed E-state index contributed by atoms with van der Waals surface area (Å²) in [7, 11) is 0. The summed E-state index contributed by atoms with van der Waals surface area (Å²) in [5.41, 5.74) is -0.975. The van der Waals surface area contributed by atoms with Gasteiger partial charge < -0.3 is 19.5 Å². The number of ether oxygens (including phenoxy) is 2. The van der Waals surface area contributed by atoms with E-state index in [0.29, 0.717) is 25.9 Å². The molecule has 2 aliphatic rings. The number of rotatable bonds is 1. The Morgan fingerprint density at radius 2 is 2.06 bits per heavy atom. The van der Waals surface area contributed by atoms with Crippen molar-refractivity contribution in [2.75, 3.05) is 13.1 Å². The summed E-state index contributed by atoms with van der Waals surface area (Å²) in [5, 5.41) is 8.77. The van der Waals surface area contributed by atoms with Gasteiger partial charge in [-0.1, -0.05) is 0 Å². The van der Waals surface area contributed by atoms with Crippen LogP contribution >= 0.6 is 0 Å². The molecule has 0 aromatic rings. The molecular weight excluding hydrogens is 238 g/mol. The van der Waals surface area contributed by atoms with Gasteiger partial charge in [0.25, 0.3) is 0 Å². The van der Waals surface area contributed by atoms with E-state index in [9.17, 15) is 9.59 Å². The van der Waals surface area contributed by atoms with Crippen LogP contribution in [0.2, 0.25) is 0 Å². The molecule has 2 atom stereocenters. The number of carboxylic acids is 1. The van der Waals surface area contributed by atoms with Crippen LogP contribution in [-0.2, 0) is 14.3 Å². The van der Waals surface area contributed by atoms with Crippen LogP contribution in [0.4, 0.5) is 4.79 Å². The second-order valence-electron chi connectivity index (χ2n) is 5.98. The molecule has 2 saturated heterocycles. The SMILES string of the molecule is CC(C)(C)OC(=O)N1CCC2(CC(C(=O)O)O2)C1. The molecule has 2 unspecified atom stereocenters. The fraction of sp³-hybridized carbons (Fsp3) is 0.833. The van der Waals surface area contributed by atoms with E-state index in [1.807, 2.05) is 20.8 Å². The zero-order valence-electron chi connectivity index (χ0n) is 10.9. The molecule has 2 fully saturated rings. The topological polar surface area (TPSA) is 76.1 Å². The average molecular weight is 257 g/mol. The van der Waals surface area contributed by atoms with Crippen molar-refractivity contribution in [1.82, 2.24) is 4.90 Å². The summed E-state index contributed by atoms with van der Waals surface area (Å²) < 4.78 is 10.7. The predicted octanol–water partition coefficient (Wildman–Crippen LogP) is 1.24. The number of amides is 1. The van der Waals surface area contributed by atoms with Crippen LogP contribution in [0.15, 0.2) is 0 Å². The van der Waals surface area contributed by atoms with Gasteiger partial charge in [-0.15, -0.1) is 0 Å². The quantitative estimate of drug-likeness (QED) is 0.764. The molecule has 6 nitrogen and oxygen atoms in total. The monoisotopic (exact) mass is 257 g/mol. The standard InChI is InChI=1S/C12H19NO5/c1-11(2,3)18-10(16)13-5-4-12(7-13)6-8(17-12)9(14)15/h8H,4-7H2,1-3H3,(H,14,15). The molecule has 1 amide bonds. The van der Waals surface area contributed by atoms with Gasteiger partial charge in [-0.3, -0.25) is 0 Å². The average Bonchev–Trinajstić information content (AvgIpc) is 2.56. The van der Waals surface area contributed by atoms with Gasteiger partial charge in [0.05, 0.1) is 12.1 Å². The Balaban J connectivity index is 1.86. The third kappa shape index (κ3) is 2.58. The molecule has 2 rings (SSSR count). The van der Waals surface area contributed by atoms with E-state index in [4.69, 9.17) is 14.6 Å². The molecular formula is C12H19NO5. The maximum Gasteiger partial charge on any atom is 0.410 e. The van der Waals surface area contributed by atoms with Gasteiger partial charge in [-0.05, 0) is 27.2 Å². The van der Waals surface area contributed by atoms with Crippen molar-refractivity contribution < 1.29 is 24.2 Å². The summed E-state index contributed by atoms with van der Waals surface area (Å²) in [6, 6.07) is 0. The molecule has 0 aliphatic carbocycles. The van der Waals surface area contributed by atoms with Crippen molar-refractivity contribution in [3.05, 3.63) is 0 Å². The van der Waals surface area contributed by atoms with Gasteiger partial charge in [0, 0.05) is 13.0 Å². The molecule has 0 aromatic heterocycles. The van der Waals surface area contributed by atoms with E-state index in [1.165, 1.54) is 0 Å². The first-order valence-corrected chi connectivity index (χ1v) is 6.09. The van der Waals surface area contributed by atoms with Crippen molar-refractivity contribution in [2.45, 2.75) is 50.9 Å². The molecule has 18 heavy (non-hydrogen) atoms. The Labute approximate surface area is 106 Å². The highest BCUT2D eigenvalue weighted by Gasteiger charge is 2.53. The van der Waals surface area contributed by atoms with Crippen molar-refractivity contribution in [2.24, 2.45) is 0 Å². The number of carbonyl (C=O) groups excluding carboxylic acids is 1. The first-order valence-electron chi connectivity index (χ1n) is 6.09. The van der Waals surface area contributed by atoms with Crippen LogP contribution in [0, 0.1) is 0 Å². The van der Waals surface area contributed by atoms with Gasteiger partial charge in [-0.2, -0.15) is 0 Å². The van der Waals surface area contributed by atoms with E-state index in [1.54, 1.807) is 4.90 Å². The highest BCUT2D eigenvalue weighted by atomic mass is 16.6. The maximum absolute atomic E-state index is 11.8. The van der Waals surface area contributed by atoms with Crippen molar-refractivity contribution >= 4 is 12.1 Å². The Bertz CT molecular complexity index is 367. The first-order chi connectivity index (χ1) is 8.21. The number of carboxylic acid groups (broad SMARTS) is 1. The van der Waals surface area contributed by atoms with Crippen molar-refractivity contribution in [1.29, 1.82) is 0 Å². The number of aliphatic carboxylic acids is 1. The van der Waals surface area contributed by atoms with E-state index >= 15 is 0 Å². The first kappa shape index (κ1) is 13.1. The van der Waals surface area contributed by atoms with E-state index < -0.39 is 23.3 Å². The molecule has 0 saturated carbocycles. The van der Waals surface area contributed by atoms with Crippen molar-refractivity contribution in [3.63, 3.8) is 0 Å². The highest BCUT2D eigenvalue weighted by Crippen LogP contribution is 2.40. The van der Waals surface area contributed by atoms with Crippen LogP contribution in [-0.4, -0.2) is 52.5 Å². The minimum atomic E-state index is -0.934. The molecule has 102 valence electrons. The lowest BCUT2D eigenvalue weighted by atomic mass is 9.88. The molecule has 2 heterocycles. The third-order valence-electron chi connectivity index (χ3n) is 3.19. The van der Waals surface area contributed by atoms with Crippen LogP contribution in [0.25, 0.3) is 0 Å². The summed E-state index contributed by atoms with van der Waals surface area (Å²) in [6.45, 7) is 6.43. The Morgan fingerprint density at radius 1 is 1.44 bits per heavy atom. The number of hydrogen-bond acceptors (Lipinski definition) is 4. The summed E-state index contributed by atoms with van der Waals surface area (Å²) >= 11 is 0. The second kappa shape index (κ2) is 4.12. The molecule has 0 radical (unpaired) electrons. The second-order valence-corrected chi connectivity index (χ2v) is 5.98. The minimum Gasteiger partial charge on any atom is -0.479 e. The Kier molecular flexibility index (Phi) is 3.01. The van der Waals surface area contributed by atoms with Gasteiger partial charge in [0.15, 0.2) is 6.10 Å². The zero-order valence-corrected chi connectivity index (χ0v) is 10.9. The van der Waals surface area contributed by atoms with E-state index in [2.05, 4.69) is 0 Å². The molecule has 0 bridgehead atoms. The summed E-state index contributed by atoms with van der Waals surface area (Å²) in [4.78, 5) is 24.1. The number of nitrogens with zero attached hydrogens (tertiary/aromatic N) is 1. The lowest BCUT2D eigenvalue weighted by Gasteiger charge is -2.43. The van der Waals surface area contributed by atoms with Crippen LogP contribution in [0.1, 0.15) is 33.6 Å². The molecule has 6 heteroatoms. The van der Waals surface area contributed by atoms with Gasteiger partial charge in [0.1, 0.15) is 5.60 Å². The lowest BCUT2D eigenvalue weighted by molar-refractivity contribution is -0.213. The van der Waals surface area contributed by atoms with Crippen LogP contribution in [0.3, 0.4) is 0 Å². The van der Waals surface area contributed by atoms with Gasteiger partial charge in [-0.25, -0.2) is 9.59 Å². The van der Waals surface area contributed by atoms with Crippen LogP contribution in [0.5, 0.6) is 0 Å². The maximum atomic E-state index is 11.8. The summed E-state index contributed by atoms with van der Waals surface area (Å²) in [6.07, 6.45) is 0.0721. The number of likely N-dealkylation sites (tertiary alicyclic amines) is 1. The minimum absolute atomic E-state index is 0.359. The van der Waals surface area contributed by atoms with E-state index in [-0.39, 0.29) is 6.09 Å². The molecule has 2 aliphatic heterocycles. The predicted molar refractivity (Wildman–Crippen MR) is 62.3 cm³/mol.